The Morgan fingerprint density at radius 2 is 0.818 bits per heavy atom. The highest BCUT2D eigenvalue weighted by Crippen LogP contribution is 2.18. The van der Waals surface area contributed by atoms with Crippen LogP contribution in [-0.4, -0.2) is 24.4 Å². The molecule has 68 valence electrons. The Morgan fingerprint density at radius 1 is 0.636 bits per heavy atom. The van der Waals surface area contributed by atoms with Gasteiger partial charge in [-0.2, -0.15) is 0 Å². The molecule has 0 aromatic heterocycles. The maximum atomic E-state index is 5.59. The van der Waals surface area contributed by atoms with Crippen molar-refractivity contribution in [2.75, 3.05) is 0 Å². The first-order valence-electron chi connectivity index (χ1n) is 3.92. The van der Waals surface area contributed by atoms with Crippen molar-refractivity contribution in [2.45, 2.75) is 52.1 Å². The van der Waals surface area contributed by atoms with Crippen molar-refractivity contribution in [1.82, 2.24) is 6.15 Å². The smallest absolute Gasteiger partial charge is 0.0811 e. The van der Waals surface area contributed by atoms with Crippen molar-refractivity contribution in [3.05, 3.63) is 0 Å². The third-order valence-electron chi connectivity index (χ3n) is 2.18. The van der Waals surface area contributed by atoms with Crippen LogP contribution in [0.2, 0.25) is 0 Å². The van der Waals surface area contributed by atoms with E-state index in [2.05, 4.69) is 0 Å². The van der Waals surface area contributed by atoms with Crippen molar-refractivity contribution < 1.29 is 9.47 Å². The van der Waals surface area contributed by atoms with E-state index in [1.54, 1.807) is 0 Å². The quantitative estimate of drug-likeness (QED) is 0.589. The van der Waals surface area contributed by atoms with E-state index in [4.69, 9.17) is 9.47 Å². The van der Waals surface area contributed by atoms with Crippen molar-refractivity contribution >= 4 is 0 Å². The summed E-state index contributed by atoms with van der Waals surface area (Å²) in [5.74, 6) is 0. The van der Waals surface area contributed by atoms with Gasteiger partial charge in [0, 0.05) is 0 Å². The average Bonchev–Trinajstić information content (AvgIpc) is 1.84. The summed E-state index contributed by atoms with van der Waals surface area (Å²) in [7, 11) is 0. The van der Waals surface area contributed by atoms with Gasteiger partial charge in [-0.05, 0) is 27.7 Å². The molecule has 3 N–H and O–H groups in total. The van der Waals surface area contributed by atoms with Crippen molar-refractivity contribution in [3.8, 4) is 0 Å². The van der Waals surface area contributed by atoms with Gasteiger partial charge in [-0.3, -0.25) is 0 Å². The summed E-state index contributed by atoms with van der Waals surface area (Å²) in [5, 5.41) is 0. The lowest BCUT2D eigenvalue weighted by Crippen LogP contribution is -2.44. The number of rotatable bonds is 0. The molecule has 4 unspecified atom stereocenters. The third-order valence-corrected chi connectivity index (χ3v) is 2.18. The van der Waals surface area contributed by atoms with Gasteiger partial charge < -0.3 is 15.6 Å². The molecule has 0 aromatic rings. The zero-order chi connectivity index (χ0) is 7.72. The molecular weight excluding hydrogens is 142 g/mol. The van der Waals surface area contributed by atoms with Crippen LogP contribution in [0, 0.1) is 0 Å². The maximum absolute atomic E-state index is 5.59. The second-order valence-corrected chi connectivity index (χ2v) is 3.09. The predicted molar refractivity (Wildman–Crippen MR) is 45.0 cm³/mol. The van der Waals surface area contributed by atoms with Gasteiger partial charge >= 0.3 is 0 Å². The molecule has 1 aliphatic rings. The van der Waals surface area contributed by atoms with Gasteiger partial charge in [0.05, 0.1) is 24.4 Å². The molecule has 0 aliphatic carbocycles. The minimum atomic E-state index is 0. The molecule has 4 atom stereocenters. The molecule has 0 bridgehead atoms. The lowest BCUT2D eigenvalue weighted by atomic mass is 10.1. The highest BCUT2D eigenvalue weighted by molar-refractivity contribution is 4.73. The minimum absolute atomic E-state index is 0. The van der Waals surface area contributed by atoms with Gasteiger partial charge in [0.2, 0.25) is 0 Å². The van der Waals surface area contributed by atoms with E-state index < -0.39 is 0 Å². The molecule has 0 saturated carbocycles. The maximum Gasteiger partial charge on any atom is 0.0811 e. The molecule has 0 spiro atoms. The van der Waals surface area contributed by atoms with Crippen LogP contribution >= 0.6 is 0 Å². The lowest BCUT2D eigenvalue weighted by molar-refractivity contribution is -0.197. The minimum Gasteiger partial charge on any atom is -0.370 e. The molecule has 0 radical (unpaired) electrons. The van der Waals surface area contributed by atoms with Crippen molar-refractivity contribution in [1.29, 1.82) is 0 Å². The lowest BCUT2D eigenvalue weighted by Gasteiger charge is -2.36. The fourth-order valence-corrected chi connectivity index (χ4v) is 1.12. The Morgan fingerprint density at radius 3 is 1.00 bits per heavy atom. The van der Waals surface area contributed by atoms with Crippen LogP contribution in [0.4, 0.5) is 0 Å². The largest absolute Gasteiger partial charge is 0.370 e. The Kier molecular flexibility index (Phi) is 4.00. The standard InChI is InChI=1S/C8H16O2.H3N/c1-5-6(2)10-8(4)7(3)9-5;/h5-8H,1-4H3;1H3. The number of hydrogen-bond donors (Lipinski definition) is 1. The van der Waals surface area contributed by atoms with E-state index in [0.29, 0.717) is 0 Å². The second-order valence-electron chi connectivity index (χ2n) is 3.09. The number of hydrogen-bond acceptors (Lipinski definition) is 3. The summed E-state index contributed by atoms with van der Waals surface area (Å²) in [6.45, 7) is 8.19. The molecule has 3 heteroatoms. The predicted octanol–water partition coefficient (Wildman–Crippen LogP) is 1.75. The van der Waals surface area contributed by atoms with Crippen molar-refractivity contribution in [3.63, 3.8) is 0 Å². The average molecular weight is 161 g/mol. The Balaban J connectivity index is 0.000001000. The normalized spacial score (nSPS) is 44.7. The summed E-state index contributed by atoms with van der Waals surface area (Å²) < 4.78 is 11.2. The monoisotopic (exact) mass is 161 g/mol. The van der Waals surface area contributed by atoms with E-state index in [-0.39, 0.29) is 30.6 Å². The van der Waals surface area contributed by atoms with E-state index in [1.807, 2.05) is 27.7 Å². The van der Waals surface area contributed by atoms with Crippen LogP contribution in [0.25, 0.3) is 0 Å². The van der Waals surface area contributed by atoms with E-state index in [9.17, 15) is 0 Å². The van der Waals surface area contributed by atoms with E-state index in [1.165, 1.54) is 0 Å². The van der Waals surface area contributed by atoms with Gasteiger partial charge in [-0.1, -0.05) is 0 Å². The fraction of sp³-hybridized carbons (Fsp3) is 1.00. The van der Waals surface area contributed by atoms with Crippen LogP contribution in [-0.2, 0) is 9.47 Å². The van der Waals surface area contributed by atoms with Crippen LogP contribution in [0.5, 0.6) is 0 Å². The van der Waals surface area contributed by atoms with Crippen LogP contribution in [0.3, 0.4) is 0 Å². The molecule has 1 heterocycles. The van der Waals surface area contributed by atoms with Gasteiger partial charge in [-0.15, -0.1) is 0 Å². The first kappa shape index (κ1) is 10.9. The summed E-state index contributed by atoms with van der Waals surface area (Å²) in [6.07, 6.45) is 0.967. The van der Waals surface area contributed by atoms with Gasteiger partial charge in [0.1, 0.15) is 0 Å². The molecule has 0 aromatic carbocycles. The van der Waals surface area contributed by atoms with Crippen molar-refractivity contribution in [2.24, 2.45) is 0 Å². The molecular formula is C8H19NO2. The third kappa shape index (κ3) is 2.43. The molecule has 1 saturated heterocycles. The van der Waals surface area contributed by atoms with Gasteiger partial charge in [0.15, 0.2) is 0 Å². The summed E-state index contributed by atoms with van der Waals surface area (Å²) in [6, 6.07) is 0. The summed E-state index contributed by atoms with van der Waals surface area (Å²) >= 11 is 0. The molecule has 1 aliphatic heterocycles. The van der Waals surface area contributed by atoms with E-state index >= 15 is 0 Å². The Bertz CT molecular complexity index is 92.7. The summed E-state index contributed by atoms with van der Waals surface area (Å²) in [5.41, 5.74) is 0. The fourth-order valence-electron chi connectivity index (χ4n) is 1.12. The van der Waals surface area contributed by atoms with Crippen LogP contribution < -0.4 is 6.15 Å². The molecule has 1 rings (SSSR count). The molecule has 3 nitrogen and oxygen atoms in total. The number of ether oxygens (including phenoxy) is 2. The topological polar surface area (TPSA) is 53.5 Å². The zero-order valence-corrected chi connectivity index (χ0v) is 7.83. The first-order valence-corrected chi connectivity index (χ1v) is 3.92. The van der Waals surface area contributed by atoms with E-state index in [0.717, 1.165) is 0 Å². The second kappa shape index (κ2) is 4.04. The Labute approximate surface area is 68.7 Å². The van der Waals surface area contributed by atoms with Gasteiger partial charge in [0.25, 0.3) is 0 Å². The highest BCUT2D eigenvalue weighted by atomic mass is 16.6. The first-order chi connectivity index (χ1) is 4.61. The Hall–Kier alpha value is -0.120. The zero-order valence-electron chi connectivity index (χ0n) is 7.83. The SMILES string of the molecule is CC1OC(C)C(C)OC1C.N. The summed E-state index contributed by atoms with van der Waals surface area (Å²) in [4.78, 5) is 0. The van der Waals surface area contributed by atoms with Crippen LogP contribution in [0.15, 0.2) is 0 Å². The molecule has 1 fully saturated rings. The van der Waals surface area contributed by atoms with Crippen LogP contribution in [0.1, 0.15) is 27.7 Å². The van der Waals surface area contributed by atoms with Gasteiger partial charge in [-0.25, -0.2) is 0 Å². The molecule has 11 heavy (non-hydrogen) atoms. The highest BCUT2D eigenvalue weighted by Gasteiger charge is 2.28. The molecule has 0 amide bonds.